The monoisotopic (exact) mass is 702 g/mol. The van der Waals surface area contributed by atoms with Crippen LogP contribution in [0.4, 0.5) is 11.4 Å². The fourth-order valence-corrected chi connectivity index (χ4v) is 5.49. The highest BCUT2D eigenvalue weighted by molar-refractivity contribution is 9.10. The molecule has 0 spiro atoms. The molecular formula is C28H14Br2Cl2N2O6. The van der Waals surface area contributed by atoms with Crippen molar-refractivity contribution in [1.82, 2.24) is 0 Å². The van der Waals surface area contributed by atoms with Gasteiger partial charge in [-0.1, -0.05) is 23.2 Å². The van der Waals surface area contributed by atoms with Crippen LogP contribution >= 0.6 is 55.1 Å². The Morgan fingerprint density at radius 3 is 1.35 bits per heavy atom. The fraction of sp³-hybridized carbons (Fsp3) is 0. The van der Waals surface area contributed by atoms with Gasteiger partial charge in [0.2, 0.25) is 11.6 Å². The van der Waals surface area contributed by atoms with Gasteiger partial charge in [-0.2, -0.15) is 0 Å². The van der Waals surface area contributed by atoms with Crippen molar-refractivity contribution in [3.8, 4) is 11.5 Å². The molecule has 0 radical (unpaired) electrons. The second-order valence-electron chi connectivity index (χ2n) is 8.58. The predicted molar refractivity (Wildman–Crippen MR) is 157 cm³/mol. The highest BCUT2D eigenvalue weighted by atomic mass is 79.9. The Kier molecular flexibility index (Phi) is 7.45. The Hall–Kier alpha value is -3.70. The number of benzene rings is 4. The standard InChI is InChI=1S/C28H14Br2Cl2N2O6/c29-15-3-1-11(31)9-13(15)27(39)33-17-5-7-19(35)23-21(17)25(37)24-20(36)8-6-18(22(24)26(23)38)34-28(40)14-10-12(32)2-4-16(14)30/h1-10,35-36H,(H,33,39)(H,34,40). The molecule has 5 rings (SSSR count). The van der Waals surface area contributed by atoms with Gasteiger partial charge in [0.15, 0.2) is 0 Å². The molecule has 0 fully saturated rings. The number of phenolic OH excluding ortho intramolecular Hbond substituents is 2. The zero-order chi connectivity index (χ0) is 28.9. The van der Waals surface area contributed by atoms with E-state index >= 15 is 0 Å². The van der Waals surface area contributed by atoms with Crippen LogP contribution in [0, 0.1) is 0 Å². The molecule has 0 saturated heterocycles. The number of ketones is 2. The maximum atomic E-state index is 13.8. The van der Waals surface area contributed by atoms with Gasteiger partial charge in [0.25, 0.3) is 11.8 Å². The molecule has 200 valence electrons. The first-order chi connectivity index (χ1) is 19.0. The Bertz CT molecular complexity index is 1680. The molecule has 0 bridgehead atoms. The lowest BCUT2D eigenvalue weighted by atomic mass is 9.81. The normalized spacial score (nSPS) is 12.0. The van der Waals surface area contributed by atoms with Gasteiger partial charge in [-0.05, 0) is 92.5 Å². The topological polar surface area (TPSA) is 133 Å². The summed E-state index contributed by atoms with van der Waals surface area (Å²) >= 11 is 18.6. The highest BCUT2D eigenvalue weighted by Crippen LogP contribution is 2.43. The molecule has 0 saturated carbocycles. The van der Waals surface area contributed by atoms with Crippen molar-refractivity contribution >= 4 is 89.8 Å². The predicted octanol–water partition coefficient (Wildman–Crippen LogP) is 7.21. The van der Waals surface area contributed by atoms with E-state index in [0.29, 0.717) is 19.0 Å². The van der Waals surface area contributed by atoms with E-state index in [1.54, 1.807) is 24.3 Å². The van der Waals surface area contributed by atoms with Gasteiger partial charge in [0, 0.05) is 19.0 Å². The van der Waals surface area contributed by atoms with Crippen molar-refractivity contribution in [3.05, 3.63) is 113 Å². The van der Waals surface area contributed by atoms with E-state index in [-0.39, 0.29) is 33.6 Å². The van der Waals surface area contributed by atoms with E-state index in [4.69, 9.17) is 23.2 Å². The number of carbonyl (C=O) groups is 4. The summed E-state index contributed by atoms with van der Waals surface area (Å²) in [5, 5.41) is 27.0. The first kappa shape index (κ1) is 27.9. The van der Waals surface area contributed by atoms with Crippen LogP contribution in [0.25, 0.3) is 0 Å². The van der Waals surface area contributed by atoms with Crippen LogP contribution in [-0.2, 0) is 0 Å². The van der Waals surface area contributed by atoms with Crippen molar-refractivity contribution in [2.75, 3.05) is 10.6 Å². The quantitative estimate of drug-likeness (QED) is 0.146. The van der Waals surface area contributed by atoms with E-state index in [2.05, 4.69) is 42.5 Å². The average molecular weight is 705 g/mol. The summed E-state index contributed by atoms with van der Waals surface area (Å²) in [5.41, 5.74) is -1.28. The molecule has 4 aromatic rings. The Labute approximate surface area is 253 Å². The molecule has 40 heavy (non-hydrogen) atoms. The summed E-state index contributed by atoms with van der Waals surface area (Å²) in [5.74, 6) is -4.05. The first-order valence-corrected chi connectivity index (χ1v) is 13.7. The number of aromatic hydroxyl groups is 2. The van der Waals surface area contributed by atoms with Gasteiger partial charge < -0.3 is 20.8 Å². The summed E-state index contributed by atoms with van der Waals surface area (Å²) in [6.45, 7) is 0. The molecule has 0 heterocycles. The van der Waals surface area contributed by atoms with Crippen molar-refractivity contribution in [3.63, 3.8) is 0 Å². The van der Waals surface area contributed by atoms with Gasteiger partial charge >= 0.3 is 0 Å². The van der Waals surface area contributed by atoms with Gasteiger partial charge in [0.1, 0.15) is 11.5 Å². The van der Waals surface area contributed by atoms with Crippen LogP contribution in [0.2, 0.25) is 10.0 Å². The number of hydrogen-bond donors (Lipinski definition) is 4. The Morgan fingerprint density at radius 1 is 0.600 bits per heavy atom. The molecular weight excluding hydrogens is 691 g/mol. The second-order valence-corrected chi connectivity index (χ2v) is 11.2. The molecule has 8 nitrogen and oxygen atoms in total. The number of carbonyl (C=O) groups excluding carboxylic acids is 4. The summed E-state index contributed by atoms with van der Waals surface area (Å²) in [6.07, 6.45) is 0. The van der Waals surface area contributed by atoms with Gasteiger partial charge in [-0.3, -0.25) is 19.2 Å². The van der Waals surface area contributed by atoms with Crippen LogP contribution in [0.3, 0.4) is 0 Å². The maximum Gasteiger partial charge on any atom is 0.256 e. The number of anilines is 2. The molecule has 1 aliphatic rings. The third-order valence-electron chi connectivity index (χ3n) is 6.12. The SMILES string of the molecule is O=C(Nc1ccc(O)c2c1C(=O)c1c(O)ccc(NC(=O)c3cc(Cl)ccc3Br)c1C2=O)c1cc(Cl)ccc1Br. The minimum atomic E-state index is -0.849. The van der Waals surface area contributed by atoms with E-state index in [1.807, 2.05) is 0 Å². The van der Waals surface area contributed by atoms with Gasteiger partial charge in [-0.15, -0.1) is 0 Å². The minimum absolute atomic E-state index is 0.0784. The van der Waals surface area contributed by atoms with Crippen LogP contribution in [-0.4, -0.2) is 33.6 Å². The molecule has 4 N–H and O–H groups in total. The van der Waals surface area contributed by atoms with Crippen molar-refractivity contribution in [2.45, 2.75) is 0 Å². The summed E-state index contributed by atoms with van der Waals surface area (Å²) in [6, 6.07) is 14.0. The number of amides is 2. The van der Waals surface area contributed by atoms with Crippen LogP contribution in [0.5, 0.6) is 11.5 Å². The van der Waals surface area contributed by atoms with Crippen LogP contribution in [0.1, 0.15) is 52.6 Å². The van der Waals surface area contributed by atoms with E-state index in [1.165, 1.54) is 24.3 Å². The molecule has 4 aromatic carbocycles. The third-order valence-corrected chi connectivity index (χ3v) is 7.97. The largest absolute Gasteiger partial charge is 0.507 e. The Balaban J connectivity index is 1.59. The summed E-state index contributed by atoms with van der Waals surface area (Å²) < 4.78 is 0.860. The second kappa shape index (κ2) is 10.7. The number of phenols is 2. The number of hydrogen-bond acceptors (Lipinski definition) is 6. The highest BCUT2D eigenvalue weighted by Gasteiger charge is 2.38. The lowest BCUT2D eigenvalue weighted by Gasteiger charge is -2.24. The van der Waals surface area contributed by atoms with Gasteiger partial charge in [-0.25, -0.2) is 0 Å². The molecule has 0 aromatic heterocycles. The zero-order valence-corrected chi connectivity index (χ0v) is 24.5. The minimum Gasteiger partial charge on any atom is -0.507 e. The van der Waals surface area contributed by atoms with Crippen molar-refractivity contribution in [1.29, 1.82) is 0 Å². The molecule has 0 atom stereocenters. The smallest absolute Gasteiger partial charge is 0.256 e. The zero-order valence-electron chi connectivity index (χ0n) is 19.8. The lowest BCUT2D eigenvalue weighted by Crippen LogP contribution is -2.26. The molecule has 12 heteroatoms. The number of rotatable bonds is 4. The number of halogens is 4. The average Bonchev–Trinajstić information content (AvgIpc) is 2.91. The maximum absolute atomic E-state index is 13.8. The molecule has 0 aliphatic heterocycles. The number of fused-ring (bicyclic) bond motifs is 2. The van der Waals surface area contributed by atoms with Crippen LogP contribution < -0.4 is 10.6 Å². The lowest BCUT2D eigenvalue weighted by molar-refractivity contribution is 0.0973. The fourth-order valence-electron chi connectivity index (χ4n) is 4.30. The van der Waals surface area contributed by atoms with Crippen LogP contribution in [0.15, 0.2) is 69.6 Å². The first-order valence-electron chi connectivity index (χ1n) is 11.3. The summed E-state index contributed by atoms with van der Waals surface area (Å²) in [4.78, 5) is 53.6. The van der Waals surface area contributed by atoms with E-state index in [0.717, 1.165) is 12.1 Å². The number of nitrogens with one attached hydrogen (secondary N) is 2. The van der Waals surface area contributed by atoms with E-state index in [9.17, 15) is 29.4 Å². The van der Waals surface area contributed by atoms with E-state index < -0.39 is 46.0 Å². The van der Waals surface area contributed by atoms with Crippen molar-refractivity contribution < 1.29 is 29.4 Å². The van der Waals surface area contributed by atoms with Crippen molar-refractivity contribution in [2.24, 2.45) is 0 Å². The Morgan fingerprint density at radius 2 is 0.975 bits per heavy atom. The molecule has 2 amide bonds. The summed E-state index contributed by atoms with van der Waals surface area (Å²) in [7, 11) is 0. The van der Waals surface area contributed by atoms with Gasteiger partial charge in [0.05, 0.1) is 44.8 Å². The third kappa shape index (κ3) is 4.88. The molecule has 0 unspecified atom stereocenters. The molecule has 1 aliphatic carbocycles.